The summed E-state index contributed by atoms with van der Waals surface area (Å²) in [5.74, 6) is 6.88. The van der Waals surface area contributed by atoms with Gasteiger partial charge < -0.3 is 15.0 Å². The fourth-order valence-electron chi connectivity index (χ4n) is 2.90. The summed E-state index contributed by atoms with van der Waals surface area (Å²) < 4.78 is 43.7. The molecular formula is C20H26F3N3O. The van der Waals surface area contributed by atoms with Gasteiger partial charge >= 0.3 is 6.18 Å². The van der Waals surface area contributed by atoms with Crippen LogP contribution in [-0.4, -0.2) is 50.3 Å². The molecule has 4 nitrogen and oxygen atoms in total. The van der Waals surface area contributed by atoms with Crippen molar-refractivity contribution in [2.24, 2.45) is 10.9 Å². The molecule has 0 spiro atoms. The number of hydrogen-bond acceptors (Lipinski definition) is 2. The number of halogens is 3. The Hall–Kier alpha value is -2.20. The van der Waals surface area contributed by atoms with Gasteiger partial charge in [-0.2, -0.15) is 13.2 Å². The van der Waals surface area contributed by atoms with Gasteiger partial charge in [0.2, 0.25) is 0 Å². The molecule has 7 heteroatoms. The molecular weight excluding hydrogens is 355 g/mol. The third-order valence-corrected chi connectivity index (χ3v) is 4.21. The maximum Gasteiger partial charge on any atom is 0.416 e. The molecule has 1 aromatic carbocycles. The number of guanidine groups is 1. The monoisotopic (exact) mass is 381 g/mol. The average molecular weight is 381 g/mol. The zero-order valence-corrected chi connectivity index (χ0v) is 15.8. The molecule has 1 fully saturated rings. The van der Waals surface area contributed by atoms with E-state index < -0.39 is 11.7 Å². The second-order valence-electron chi connectivity index (χ2n) is 6.31. The largest absolute Gasteiger partial charge is 0.416 e. The summed E-state index contributed by atoms with van der Waals surface area (Å²) in [4.78, 5) is 6.67. The Morgan fingerprint density at radius 1 is 1.37 bits per heavy atom. The molecule has 2 rings (SSSR count). The van der Waals surface area contributed by atoms with Crippen molar-refractivity contribution in [1.82, 2.24) is 10.2 Å². The smallest absolute Gasteiger partial charge is 0.381 e. The summed E-state index contributed by atoms with van der Waals surface area (Å²) >= 11 is 0. The van der Waals surface area contributed by atoms with E-state index in [1.165, 1.54) is 6.07 Å². The summed E-state index contributed by atoms with van der Waals surface area (Å²) in [6.07, 6.45) is -3.30. The number of benzene rings is 1. The van der Waals surface area contributed by atoms with Gasteiger partial charge in [-0.3, -0.25) is 0 Å². The van der Waals surface area contributed by atoms with E-state index in [0.29, 0.717) is 11.5 Å². The molecule has 0 aromatic heterocycles. The van der Waals surface area contributed by atoms with Gasteiger partial charge in [-0.25, -0.2) is 4.99 Å². The van der Waals surface area contributed by atoms with E-state index >= 15 is 0 Å². The van der Waals surface area contributed by atoms with E-state index in [2.05, 4.69) is 27.0 Å². The number of hydrogen-bond donors (Lipinski definition) is 1. The van der Waals surface area contributed by atoms with Crippen molar-refractivity contribution in [3.63, 3.8) is 0 Å². The number of alkyl halides is 3. The summed E-state index contributed by atoms with van der Waals surface area (Å²) in [5.41, 5.74) is -0.355. The van der Waals surface area contributed by atoms with Crippen LogP contribution in [0.1, 0.15) is 31.4 Å². The first-order valence-corrected chi connectivity index (χ1v) is 9.21. The SMILES string of the molecule is CCNC(=NCC#Cc1cccc(C(F)(F)F)c1)N1CCC(COCC)C1. The normalized spacial score (nSPS) is 17.6. The summed E-state index contributed by atoms with van der Waals surface area (Å²) in [6, 6.07) is 5.03. The third-order valence-electron chi connectivity index (χ3n) is 4.21. The Bertz CT molecular complexity index is 692. The predicted octanol–water partition coefficient (Wildman–Crippen LogP) is 3.38. The number of likely N-dealkylation sites (tertiary alicyclic amines) is 1. The molecule has 0 radical (unpaired) electrons. The van der Waals surface area contributed by atoms with Gasteiger partial charge in [-0.05, 0) is 38.5 Å². The van der Waals surface area contributed by atoms with Crippen molar-refractivity contribution in [1.29, 1.82) is 0 Å². The van der Waals surface area contributed by atoms with Crippen LogP contribution in [0.15, 0.2) is 29.3 Å². The second kappa shape index (κ2) is 10.2. The molecule has 1 aliphatic rings. The topological polar surface area (TPSA) is 36.9 Å². The Kier molecular flexibility index (Phi) is 7.99. The Morgan fingerprint density at radius 3 is 2.89 bits per heavy atom. The Balaban J connectivity index is 1.98. The van der Waals surface area contributed by atoms with E-state index in [4.69, 9.17) is 4.74 Å². The number of rotatable bonds is 5. The minimum absolute atomic E-state index is 0.227. The lowest BCUT2D eigenvalue weighted by atomic mass is 10.1. The lowest BCUT2D eigenvalue weighted by molar-refractivity contribution is -0.137. The van der Waals surface area contributed by atoms with Gasteiger partial charge in [0.25, 0.3) is 0 Å². The van der Waals surface area contributed by atoms with Gasteiger partial charge in [0.15, 0.2) is 5.96 Å². The molecule has 27 heavy (non-hydrogen) atoms. The van der Waals surface area contributed by atoms with Crippen LogP contribution < -0.4 is 5.32 Å². The van der Waals surface area contributed by atoms with Gasteiger partial charge in [0.1, 0.15) is 6.54 Å². The van der Waals surface area contributed by atoms with Gasteiger partial charge in [0, 0.05) is 37.7 Å². The van der Waals surface area contributed by atoms with Crippen LogP contribution in [-0.2, 0) is 10.9 Å². The summed E-state index contributed by atoms with van der Waals surface area (Å²) in [7, 11) is 0. The first-order valence-electron chi connectivity index (χ1n) is 9.21. The zero-order chi connectivity index (χ0) is 19.7. The zero-order valence-electron chi connectivity index (χ0n) is 15.8. The first-order chi connectivity index (χ1) is 12.9. The number of ether oxygens (including phenoxy) is 1. The van der Waals surface area contributed by atoms with Crippen molar-refractivity contribution >= 4 is 5.96 Å². The van der Waals surface area contributed by atoms with Crippen molar-refractivity contribution in [3.05, 3.63) is 35.4 Å². The van der Waals surface area contributed by atoms with Crippen LogP contribution in [0, 0.1) is 17.8 Å². The third kappa shape index (κ3) is 6.79. The Morgan fingerprint density at radius 2 is 2.19 bits per heavy atom. The van der Waals surface area contributed by atoms with E-state index in [1.807, 2.05) is 13.8 Å². The summed E-state index contributed by atoms with van der Waals surface area (Å²) in [6.45, 7) is 8.21. The van der Waals surface area contributed by atoms with Crippen LogP contribution in [0.2, 0.25) is 0 Å². The van der Waals surface area contributed by atoms with Crippen LogP contribution in [0.5, 0.6) is 0 Å². The maximum atomic E-state index is 12.7. The minimum Gasteiger partial charge on any atom is -0.381 e. The highest BCUT2D eigenvalue weighted by molar-refractivity contribution is 5.80. The minimum atomic E-state index is -4.36. The number of aliphatic imine (C=N–C) groups is 1. The molecule has 1 N–H and O–H groups in total. The molecule has 0 bridgehead atoms. The lowest BCUT2D eigenvalue weighted by Gasteiger charge is -2.21. The molecule has 1 aliphatic heterocycles. The molecule has 1 unspecified atom stereocenters. The maximum absolute atomic E-state index is 12.7. The first kappa shape index (κ1) is 21.1. The average Bonchev–Trinajstić information content (AvgIpc) is 3.11. The van der Waals surface area contributed by atoms with Crippen LogP contribution in [0.3, 0.4) is 0 Å². The van der Waals surface area contributed by atoms with E-state index in [1.54, 1.807) is 6.07 Å². The highest BCUT2D eigenvalue weighted by Crippen LogP contribution is 2.29. The van der Waals surface area contributed by atoms with E-state index in [-0.39, 0.29) is 6.54 Å². The van der Waals surface area contributed by atoms with E-state index in [0.717, 1.165) is 57.4 Å². The molecule has 1 heterocycles. The number of nitrogens with one attached hydrogen (secondary N) is 1. The van der Waals surface area contributed by atoms with Crippen molar-refractivity contribution in [2.75, 3.05) is 39.4 Å². The highest BCUT2D eigenvalue weighted by Gasteiger charge is 2.30. The van der Waals surface area contributed by atoms with Gasteiger partial charge in [0.05, 0.1) is 12.2 Å². The summed E-state index contributed by atoms with van der Waals surface area (Å²) in [5, 5.41) is 3.25. The fraction of sp³-hybridized carbons (Fsp3) is 0.550. The molecule has 148 valence electrons. The van der Waals surface area contributed by atoms with Crippen LogP contribution >= 0.6 is 0 Å². The molecule has 1 saturated heterocycles. The van der Waals surface area contributed by atoms with Gasteiger partial charge in [-0.1, -0.05) is 17.9 Å². The predicted molar refractivity (Wildman–Crippen MR) is 100 cm³/mol. The molecule has 1 aromatic rings. The van der Waals surface area contributed by atoms with Crippen molar-refractivity contribution in [3.8, 4) is 11.8 Å². The molecule has 1 atom stereocenters. The van der Waals surface area contributed by atoms with Crippen molar-refractivity contribution in [2.45, 2.75) is 26.4 Å². The fourth-order valence-corrected chi connectivity index (χ4v) is 2.90. The number of nitrogens with zero attached hydrogens (tertiary/aromatic N) is 2. The highest BCUT2D eigenvalue weighted by atomic mass is 19.4. The quantitative estimate of drug-likeness (QED) is 0.483. The lowest BCUT2D eigenvalue weighted by Crippen LogP contribution is -2.40. The van der Waals surface area contributed by atoms with Crippen LogP contribution in [0.4, 0.5) is 13.2 Å². The standard InChI is InChI=1S/C20H26F3N3O/c1-3-24-19(26-12-10-17(14-26)15-27-4-2)25-11-6-8-16-7-5-9-18(13-16)20(21,22)23/h5,7,9,13,17H,3-4,10-12,14-15H2,1-2H3,(H,24,25). The van der Waals surface area contributed by atoms with E-state index in [9.17, 15) is 13.2 Å². The van der Waals surface area contributed by atoms with Crippen LogP contribution in [0.25, 0.3) is 0 Å². The molecule has 0 saturated carbocycles. The molecule has 0 aliphatic carbocycles. The van der Waals surface area contributed by atoms with Crippen molar-refractivity contribution < 1.29 is 17.9 Å². The Labute approximate surface area is 158 Å². The second-order valence-corrected chi connectivity index (χ2v) is 6.31. The van der Waals surface area contributed by atoms with Gasteiger partial charge in [-0.15, -0.1) is 0 Å². The molecule has 0 amide bonds.